The fourth-order valence-electron chi connectivity index (χ4n) is 12.8. The van der Waals surface area contributed by atoms with Crippen molar-refractivity contribution in [3.8, 4) is 34.5 Å². The number of halogens is 1. The normalized spacial score (nSPS) is 21.3. The largest absolute Gasteiger partial charge is 0.468 e. The van der Waals surface area contributed by atoms with E-state index in [4.69, 9.17) is 33.9 Å². The number of methoxy groups -OCH3 is 1. The van der Waals surface area contributed by atoms with Crippen LogP contribution in [0, 0.1) is 34.0 Å². The van der Waals surface area contributed by atoms with Crippen molar-refractivity contribution in [1.82, 2.24) is 24.8 Å². The van der Waals surface area contributed by atoms with E-state index >= 15 is 4.39 Å². The lowest BCUT2D eigenvalue weighted by Crippen LogP contribution is -2.57. The number of fused-ring (bicyclic) bond motifs is 4. The van der Waals surface area contributed by atoms with Crippen LogP contribution in [0.4, 0.5) is 15.0 Å². The number of amides is 1. The number of benzene rings is 2. The number of carbonyl (C=O) groups excluding carboxylic acids is 1. The van der Waals surface area contributed by atoms with Crippen molar-refractivity contribution >= 4 is 41.7 Å². The summed E-state index contributed by atoms with van der Waals surface area (Å²) in [5, 5.41) is 11.8. The SMILES string of the molecule is COCOc1cc(-c2ncc3c(N4CC5CCC(C4)N5C(=O)OC(C)(C)C)nc(OCC4(CN5CCC6(CC5)CC(CO)C6)CC4)nc3c2F)c2c(C#C[Si](C(C)C)(C(C)C)C(C)C)cccc2c1. The molecule has 2 aliphatic carbocycles. The van der Waals surface area contributed by atoms with E-state index in [2.05, 4.69) is 62.8 Å². The molecule has 5 heterocycles. The lowest BCUT2D eigenvalue weighted by atomic mass is 9.58. The summed E-state index contributed by atoms with van der Waals surface area (Å²) in [6.45, 7) is 24.3. The molecule has 2 bridgehead atoms. The van der Waals surface area contributed by atoms with Crippen LogP contribution in [-0.2, 0) is 9.47 Å². The van der Waals surface area contributed by atoms with Gasteiger partial charge in [-0.15, -0.1) is 5.54 Å². The molecular weight excluding hydrogens is 888 g/mol. The second-order valence-electron chi connectivity index (χ2n) is 23.3. The number of ether oxygens (including phenoxy) is 4. The van der Waals surface area contributed by atoms with Gasteiger partial charge in [0, 0.05) is 61.5 Å². The Kier molecular flexibility index (Phi) is 13.8. The van der Waals surface area contributed by atoms with E-state index in [0.29, 0.717) is 76.8 Å². The maximum absolute atomic E-state index is 18.0. The number of pyridine rings is 1. The summed E-state index contributed by atoms with van der Waals surface area (Å²) in [4.78, 5) is 35.1. The molecule has 5 fully saturated rings. The molecule has 14 heteroatoms. The van der Waals surface area contributed by atoms with Gasteiger partial charge in [-0.05, 0) is 137 Å². The first kappa shape index (κ1) is 49.4. The van der Waals surface area contributed by atoms with Crippen molar-refractivity contribution in [3.05, 3.63) is 47.9 Å². The van der Waals surface area contributed by atoms with Gasteiger partial charge in [0.25, 0.3) is 0 Å². The lowest BCUT2D eigenvalue weighted by Gasteiger charge is -2.52. The zero-order chi connectivity index (χ0) is 49.0. The van der Waals surface area contributed by atoms with Gasteiger partial charge >= 0.3 is 12.1 Å². The van der Waals surface area contributed by atoms with Crippen LogP contribution in [0.15, 0.2) is 36.5 Å². The molecule has 2 aromatic carbocycles. The predicted molar refractivity (Wildman–Crippen MR) is 273 cm³/mol. The van der Waals surface area contributed by atoms with Gasteiger partial charge in [0.05, 0.1) is 24.1 Å². The van der Waals surface area contributed by atoms with E-state index in [0.717, 1.165) is 74.5 Å². The van der Waals surface area contributed by atoms with Crippen molar-refractivity contribution in [2.75, 3.05) is 64.7 Å². The van der Waals surface area contributed by atoms with Gasteiger partial charge in [-0.3, -0.25) is 9.88 Å². The second kappa shape index (κ2) is 19.2. The van der Waals surface area contributed by atoms with E-state index in [-0.39, 0.29) is 47.6 Å². The maximum atomic E-state index is 18.0. The summed E-state index contributed by atoms with van der Waals surface area (Å²) in [5.41, 5.74) is 6.62. The molecule has 2 atom stereocenters. The van der Waals surface area contributed by atoms with Crippen LogP contribution in [0.2, 0.25) is 16.6 Å². The van der Waals surface area contributed by atoms with Crippen LogP contribution in [0.5, 0.6) is 11.8 Å². The average molecular weight is 963 g/mol. The number of piperazine rings is 1. The molecule has 372 valence electrons. The molecule has 2 saturated carbocycles. The Balaban J connectivity index is 1.10. The van der Waals surface area contributed by atoms with Crippen LogP contribution in [-0.4, -0.2) is 122 Å². The molecule has 1 amide bonds. The van der Waals surface area contributed by atoms with E-state index < -0.39 is 19.5 Å². The molecule has 1 N–H and O–H groups in total. The number of aromatic nitrogens is 3. The zero-order valence-electron chi connectivity index (χ0n) is 42.8. The highest BCUT2D eigenvalue weighted by Crippen LogP contribution is 2.54. The Morgan fingerprint density at radius 2 is 1.64 bits per heavy atom. The average Bonchev–Trinajstić information content (AvgIpc) is 4.00. The van der Waals surface area contributed by atoms with Crippen molar-refractivity contribution in [2.45, 2.75) is 148 Å². The monoisotopic (exact) mass is 963 g/mol. The highest BCUT2D eigenvalue weighted by atomic mass is 28.3. The molecular formula is C55H75FN6O6Si. The number of rotatable bonds is 14. The minimum atomic E-state index is -2.13. The molecule has 3 saturated heterocycles. The van der Waals surface area contributed by atoms with Crippen molar-refractivity contribution in [3.63, 3.8) is 0 Å². The highest BCUT2D eigenvalue weighted by Gasteiger charge is 2.50. The summed E-state index contributed by atoms with van der Waals surface area (Å²) in [7, 11) is -0.557. The van der Waals surface area contributed by atoms with Crippen molar-refractivity contribution in [1.29, 1.82) is 0 Å². The summed E-state index contributed by atoms with van der Waals surface area (Å²) in [5.74, 6) is 4.63. The predicted octanol–water partition coefficient (Wildman–Crippen LogP) is 10.8. The maximum Gasteiger partial charge on any atom is 0.410 e. The Morgan fingerprint density at radius 3 is 2.25 bits per heavy atom. The smallest absolute Gasteiger partial charge is 0.410 e. The van der Waals surface area contributed by atoms with Crippen LogP contribution < -0.4 is 14.4 Å². The molecule has 2 unspecified atom stereocenters. The third-order valence-electron chi connectivity index (χ3n) is 16.5. The topological polar surface area (TPSA) is 123 Å². The number of carbonyl (C=O) groups is 1. The van der Waals surface area contributed by atoms with Crippen LogP contribution >= 0.6 is 0 Å². The van der Waals surface area contributed by atoms with Gasteiger partial charge < -0.3 is 33.9 Å². The number of aliphatic hydroxyl groups is 1. The molecule has 4 aromatic rings. The third kappa shape index (κ3) is 9.79. The Hall–Kier alpha value is -4.55. The number of nitrogens with zero attached hydrogens (tertiary/aromatic N) is 6. The van der Waals surface area contributed by atoms with Crippen LogP contribution in [0.3, 0.4) is 0 Å². The minimum Gasteiger partial charge on any atom is -0.468 e. The van der Waals surface area contributed by atoms with Gasteiger partial charge in [0.2, 0.25) is 0 Å². The van der Waals surface area contributed by atoms with E-state index in [1.165, 1.54) is 12.8 Å². The van der Waals surface area contributed by atoms with E-state index in [1.807, 2.05) is 56.0 Å². The van der Waals surface area contributed by atoms with Crippen molar-refractivity contribution < 1.29 is 33.2 Å². The number of piperidine rings is 1. The first-order valence-electron chi connectivity index (χ1n) is 25.7. The van der Waals surface area contributed by atoms with Gasteiger partial charge in [-0.2, -0.15) is 9.97 Å². The molecule has 0 radical (unpaired) electrons. The summed E-state index contributed by atoms with van der Waals surface area (Å²) in [6, 6.07) is 9.77. The van der Waals surface area contributed by atoms with E-state index in [9.17, 15) is 9.90 Å². The summed E-state index contributed by atoms with van der Waals surface area (Å²) < 4.78 is 41.9. The molecule has 69 heavy (non-hydrogen) atoms. The van der Waals surface area contributed by atoms with Gasteiger partial charge in [-0.25, -0.2) is 9.18 Å². The fourth-order valence-corrected chi connectivity index (χ4v) is 18.0. The Morgan fingerprint density at radius 1 is 0.957 bits per heavy atom. The quantitative estimate of drug-likeness (QED) is 0.0738. The highest BCUT2D eigenvalue weighted by molar-refractivity contribution is 6.90. The second-order valence-corrected chi connectivity index (χ2v) is 28.9. The van der Waals surface area contributed by atoms with Crippen molar-refractivity contribution in [2.24, 2.45) is 16.7 Å². The number of anilines is 1. The van der Waals surface area contributed by atoms with E-state index in [1.54, 1.807) is 13.3 Å². The molecule has 1 spiro atoms. The Bertz CT molecular complexity index is 2570. The number of likely N-dealkylation sites (tertiary alicyclic amines) is 1. The molecule has 5 aliphatic rings. The zero-order valence-corrected chi connectivity index (χ0v) is 43.8. The number of hydrogen-bond acceptors (Lipinski definition) is 11. The summed E-state index contributed by atoms with van der Waals surface area (Å²) in [6.07, 6.45) is 9.81. The lowest BCUT2D eigenvalue weighted by molar-refractivity contribution is -0.0381. The fraction of sp³-hybridized carbons (Fsp3) is 0.636. The third-order valence-corrected chi connectivity index (χ3v) is 22.8. The molecule has 12 nitrogen and oxygen atoms in total. The standard InChI is InChI=1S/C55H75FN6O6Si/c1-35(2)69(36(3)4,37(5)6)23-16-39-12-11-13-40-24-43(67-34-65-10)25-44(46(39)40)48-47(56)49-45(28-57-48)50(61-29-41-14-15-42(30-61)62(41)52(64)68-53(7,8)9)59-51(58-49)66-33-55(17-18-55)32-60-21-19-54(20-22-60)26-38(27-54)31-63/h11-13,24-25,28,35-38,41-42,63H,14-15,17-22,26-27,29-34H2,1-10H3. The van der Waals surface area contributed by atoms with Gasteiger partial charge in [-0.1, -0.05) is 59.6 Å². The minimum absolute atomic E-state index is 0.0174. The van der Waals surface area contributed by atoms with Gasteiger partial charge in [0.15, 0.2) is 12.6 Å². The molecule has 2 aromatic heterocycles. The number of hydrogen-bond donors (Lipinski definition) is 1. The molecule has 9 rings (SSSR count). The first-order valence-corrected chi connectivity index (χ1v) is 27.9. The van der Waals surface area contributed by atoms with Crippen LogP contribution in [0.25, 0.3) is 32.9 Å². The first-order chi connectivity index (χ1) is 32.9. The van der Waals surface area contributed by atoms with Gasteiger partial charge in [0.1, 0.15) is 36.5 Å². The van der Waals surface area contributed by atoms with Crippen LogP contribution in [0.1, 0.15) is 119 Å². The summed E-state index contributed by atoms with van der Waals surface area (Å²) >= 11 is 0. The Labute approximate surface area is 410 Å². The number of aliphatic hydroxyl groups excluding tert-OH is 1. The molecule has 3 aliphatic heterocycles.